The van der Waals surface area contributed by atoms with Crippen LogP contribution in [0.2, 0.25) is 0 Å². The first-order chi connectivity index (χ1) is 10.9. The quantitative estimate of drug-likeness (QED) is 0.907. The van der Waals surface area contributed by atoms with Gasteiger partial charge in [0.05, 0.1) is 12.6 Å². The third kappa shape index (κ3) is 3.67. The number of hydrogen-bond donors (Lipinski definition) is 1. The highest BCUT2D eigenvalue weighted by molar-refractivity contribution is 5.83. The second-order valence-corrected chi connectivity index (χ2v) is 6.87. The molecule has 1 aromatic rings. The van der Waals surface area contributed by atoms with Crippen molar-refractivity contribution in [1.82, 2.24) is 5.32 Å². The van der Waals surface area contributed by atoms with E-state index >= 15 is 0 Å². The number of anilines is 1. The average molecular weight is 313 g/mol. The first kappa shape index (κ1) is 17.3. The second kappa shape index (κ2) is 7.04. The number of amides is 1. The number of para-hydroxylation sites is 1. The van der Waals surface area contributed by atoms with Gasteiger partial charge >= 0.3 is 0 Å². The van der Waals surface area contributed by atoms with Crippen LogP contribution in [0.3, 0.4) is 0 Å². The molecule has 2 atom stereocenters. The highest BCUT2D eigenvalue weighted by atomic mass is 16.2. The molecule has 23 heavy (non-hydrogen) atoms. The second-order valence-electron chi connectivity index (χ2n) is 6.87. The van der Waals surface area contributed by atoms with Gasteiger partial charge in [-0.3, -0.25) is 4.79 Å². The molecule has 0 radical (unpaired) electrons. The summed E-state index contributed by atoms with van der Waals surface area (Å²) in [4.78, 5) is 14.8. The normalized spacial score (nSPS) is 19.7. The Balaban J connectivity index is 2.17. The number of nitriles is 1. The van der Waals surface area contributed by atoms with Crippen LogP contribution in [0.1, 0.15) is 46.1 Å². The largest absolute Gasteiger partial charge is 0.359 e. The topological polar surface area (TPSA) is 56.1 Å². The lowest BCUT2D eigenvalue weighted by Gasteiger charge is -2.39. The highest BCUT2D eigenvalue weighted by Crippen LogP contribution is 2.31. The van der Waals surface area contributed by atoms with Crippen LogP contribution in [-0.4, -0.2) is 24.0 Å². The minimum atomic E-state index is -0.825. The van der Waals surface area contributed by atoms with Gasteiger partial charge in [0.1, 0.15) is 5.54 Å². The Morgan fingerprint density at radius 1 is 1.48 bits per heavy atom. The van der Waals surface area contributed by atoms with Crippen molar-refractivity contribution >= 4 is 11.6 Å². The van der Waals surface area contributed by atoms with Crippen molar-refractivity contribution in [2.75, 3.05) is 11.4 Å². The van der Waals surface area contributed by atoms with E-state index in [2.05, 4.69) is 41.4 Å². The highest BCUT2D eigenvalue weighted by Gasteiger charge is 2.32. The van der Waals surface area contributed by atoms with Crippen LogP contribution < -0.4 is 10.2 Å². The number of nitrogens with zero attached hydrogens (tertiary/aromatic N) is 2. The van der Waals surface area contributed by atoms with Gasteiger partial charge in [0.15, 0.2) is 0 Å². The number of fused-ring (bicyclic) bond motifs is 1. The molecule has 2 rings (SSSR count). The van der Waals surface area contributed by atoms with Crippen LogP contribution in [0.4, 0.5) is 5.69 Å². The number of nitrogens with one attached hydrogen (secondary N) is 1. The molecular formula is C19H27N3O. The van der Waals surface area contributed by atoms with Crippen LogP contribution in [-0.2, 0) is 11.2 Å². The van der Waals surface area contributed by atoms with E-state index in [0.717, 1.165) is 24.9 Å². The van der Waals surface area contributed by atoms with Gasteiger partial charge in [0.25, 0.3) is 0 Å². The smallest absolute Gasteiger partial charge is 0.240 e. The van der Waals surface area contributed by atoms with E-state index in [0.29, 0.717) is 12.6 Å². The monoisotopic (exact) mass is 313 g/mol. The number of carbonyl (C=O) groups is 1. The van der Waals surface area contributed by atoms with E-state index in [4.69, 9.17) is 0 Å². The Morgan fingerprint density at radius 2 is 2.17 bits per heavy atom. The molecule has 1 heterocycles. The van der Waals surface area contributed by atoms with Crippen LogP contribution >= 0.6 is 0 Å². The molecule has 0 unspecified atom stereocenters. The van der Waals surface area contributed by atoms with Gasteiger partial charge in [0.2, 0.25) is 5.91 Å². The minimum Gasteiger partial charge on any atom is -0.359 e. The lowest BCUT2D eigenvalue weighted by atomic mass is 9.90. The first-order valence-electron chi connectivity index (χ1n) is 8.48. The van der Waals surface area contributed by atoms with Gasteiger partial charge in [-0.05, 0) is 43.7 Å². The third-order valence-corrected chi connectivity index (χ3v) is 5.06. The zero-order valence-corrected chi connectivity index (χ0v) is 14.6. The van der Waals surface area contributed by atoms with Crippen molar-refractivity contribution in [3.8, 4) is 6.07 Å². The Labute approximate surface area is 139 Å². The molecule has 0 saturated heterocycles. The molecule has 0 aliphatic carbocycles. The standard InChI is InChI=1S/C19H27N3O/c1-5-16-11-10-15-8-6-7-9-17(15)22(16)12-18(23)21-19(4,13-20)14(2)3/h6-9,14,16H,5,10-12H2,1-4H3,(H,21,23)/t16-,19+/m1/s1. The summed E-state index contributed by atoms with van der Waals surface area (Å²) in [7, 11) is 0. The maximum atomic E-state index is 12.6. The Kier molecular flexibility index (Phi) is 5.30. The molecule has 0 fully saturated rings. The lowest BCUT2D eigenvalue weighted by Crippen LogP contribution is -2.53. The van der Waals surface area contributed by atoms with Crippen LogP contribution in [0.5, 0.6) is 0 Å². The molecule has 0 spiro atoms. The maximum absolute atomic E-state index is 12.6. The van der Waals surface area contributed by atoms with Gasteiger partial charge < -0.3 is 10.2 Å². The Bertz CT molecular complexity index is 605. The van der Waals surface area contributed by atoms with Crippen molar-refractivity contribution < 1.29 is 4.79 Å². The molecule has 0 saturated carbocycles. The molecule has 0 bridgehead atoms. The molecule has 1 aliphatic rings. The van der Waals surface area contributed by atoms with Crippen LogP contribution in [0, 0.1) is 17.2 Å². The molecule has 124 valence electrons. The van der Waals surface area contributed by atoms with Gasteiger partial charge in [-0.25, -0.2) is 0 Å². The van der Waals surface area contributed by atoms with Crippen LogP contribution in [0.15, 0.2) is 24.3 Å². The summed E-state index contributed by atoms with van der Waals surface area (Å²) in [6.07, 6.45) is 3.15. The molecule has 0 aromatic heterocycles. The van der Waals surface area contributed by atoms with Crippen LogP contribution in [0.25, 0.3) is 0 Å². The van der Waals surface area contributed by atoms with Gasteiger partial charge in [-0.1, -0.05) is 39.0 Å². The van der Waals surface area contributed by atoms with Gasteiger partial charge in [-0.2, -0.15) is 5.26 Å². The van der Waals surface area contributed by atoms with Gasteiger partial charge in [0, 0.05) is 11.7 Å². The number of carbonyl (C=O) groups excluding carboxylic acids is 1. The van der Waals surface area contributed by atoms with E-state index in [1.165, 1.54) is 5.56 Å². The molecule has 1 N–H and O–H groups in total. The van der Waals surface area contributed by atoms with E-state index in [-0.39, 0.29) is 11.8 Å². The molecule has 1 aliphatic heterocycles. The third-order valence-electron chi connectivity index (χ3n) is 5.06. The fourth-order valence-corrected chi connectivity index (χ4v) is 3.10. The molecule has 1 aromatic carbocycles. The summed E-state index contributed by atoms with van der Waals surface area (Å²) in [5.74, 6) is -0.0232. The van der Waals surface area contributed by atoms with Crippen molar-refractivity contribution in [3.05, 3.63) is 29.8 Å². The number of rotatable bonds is 5. The molecule has 4 nitrogen and oxygen atoms in total. The van der Waals surface area contributed by atoms with E-state index in [1.54, 1.807) is 6.92 Å². The average Bonchev–Trinajstić information content (AvgIpc) is 2.54. The van der Waals surface area contributed by atoms with Crippen molar-refractivity contribution in [1.29, 1.82) is 5.26 Å². The predicted octanol–water partition coefficient (Wildman–Crippen LogP) is 3.27. The van der Waals surface area contributed by atoms with Crippen molar-refractivity contribution in [2.45, 2.75) is 58.5 Å². The molecule has 4 heteroatoms. The zero-order valence-electron chi connectivity index (χ0n) is 14.6. The lowest BCUT2D eigenvalue weighted by molar-refractivity contribution is -0.121. The summed E-state index contributed by atoms with van der Waals surface area (Å²) >= 11 is 0. The zero-order chi connectivity index (χ0) is 17.0. The number of benzene rings is 1. The van der Waals surface area contributed by atoms with Gasteiger partial charge in [-0.15, -0.1) is 0 Å². The van der Waals surface area contributed by atoms with E-state index in [1.807, 2.05) is 19.9 Å². The fourth-order valence-electron chi connectivity index (χ4n) is 3.10. The SMILES string of the molecule is CC[C@@H]1CCc2ccccc2N1CC(=O)N[C@@](C)(C#N)C(C)C. The number of hydrogen-bond acceptors (Lipinski definition) is 3. The molecular weight excluding hydrogens is 286 g/mol. The predicted molar refractivity (Wildman–Crippen MR) is 93.2 cm³/mol. The van der Waals surface area contributed by atoms with E-state index in [9.17, 15) is 10.1 Å². The minimum absolute atomic E-state index is 0.0621. The van der Waals surface area contributed by atoms with Crippen molar-refractivity contribution in [3.63, 3.8) is 0 Å². The maximum Gasteiger partial charge on any atom is 0.240 e. The summed E-state index contributed by atoms with van der Waals surface area (Å²) in [5.41, 5.74) is 1.63. The Morgan fingerprint density at radius 3 is 2.78 bits per heavy atom. The first-order valence-corrected chi connectivity index (χ1v) is 8.48. The van der Waals surface area contributed by atoms with E-state index < -0.39 is 5.54 Å². The van der Waals surface area contributed by atoms with Crippen molar-refractivity contribution in [2.24, 2.45) is 5.92 Å². The summed E-state index contributed by atoms with van der Waals surface area (Å²) in [6, 6.07) is 10.9. The summed E-state index contributed by atoms with van der Waals surface area (Å²) < 4.78 is 0. The number of aryl methyl sites for hydroxylation is 1. The summed E-state index contributed by atoms with van der Waals surface area (Å²) in [5, 5.41) is 12.3. The fraction of sp³-hybridized carbons (Fsp3) is 0.579. The Hall–Kier alpha value is -2.02. The molecule has 1 amide bonds. The summed E-state index contributed by atoms with van der Waals surface area (Å²) in [6.45, 7) is 8.16.